The molecule has 1 aromatic heterocycles. The Morgan fingerprint density at radius 1 is 1.35 bits per heavy atom. The minimum Gasteiger partial charge on any atom is -0.310 e. The largest absolute Gasteiger partial charge is 0.310 e. The van der Waals surface area contributed by atoms with Gasteiger partial charge in [-0.1, -0.05) is 17.7 Å². The third-order valence-electron chi connectivity index (χ3n) is 4.01. The van der Waals surface area contributed by atoms with E-state index in [1.165, 1.54) is 35.2 Å². The van der Waals surface area contributed by atoms with Gasteiger partial charge in [0.2, 0.25) is 0 Å². The van der Waals surface area contributed by atoms with Gasteiger partial charge < -0.3 is 5.32 Å². The third-order valence-corrected chi connectivity index (χ3v) is 4.24. The van der Waals surface area contributed by atoms with E-state index in [0.717, 1.165) is 17.3 Å². The Labute approximate surface area is 124 Å². The van der Waals surface area contributed by atoms with Gasteiger partial charge in [-0.05, 0) is 49.9 Å². The van der Waals surface area contributed by atoms with Crippen LogP contribution in [0.25, 0.3) is 11.1 Å². The Hall–Kier alpha value is -1.32. The lowest BCUT2D eigenvalue weighted by Crippen LogP contribution is -2.16. The average Bonchev–Trinajstić information content (AvgIpc) is 3.17. The summed E-state index contributed by atoms with van der Waals surface area (Å²) >= 11 is 6.21. The third kappa shape index (κ3) is 2.60. The number of rotatable bonds is 4. The number of nitrogens with one attached hydrogen (secondary N) is 1. The van der Waals surface area contributed by atoms with E-state index in [2.05, 4.69) is 36.4 Å². The van der Waals surface area contributed by atoms with Crippen LogP contribution in [0, 0.1) is 13.8 Å². The van der Waals surface area contributed by atoms with Crippen molar-refractivity contribution in [1.82, 2.24) is 15.1 Å². The summed E-state index contributed by atoms with van der Waals surface area (Å²) in [7, 11) is 1.98. The summed E-state index contributed by atoms with van der Waals surface area (Å²) in [5.41, 5.74) is 5.94. The van der Waals surface area contributed by atoms with Gasteiger partial charge in [0.15, 0.2) is 0 Å². The summed E-state index contributed by atoms with van der Waals surface area (Å²) in [6.45, 7) is 5.06. The van der Waals surface area contributed by atoms with E-state index in [1.54, 1.807) is 0 Å². The van der Waals surface area contributed by atoms with Crippen molar-refractivity contribution in [3.8, 4) is 11.1 Å². The molecule has 1 aliphatic carbocycles. The van der Waals surface area contributed by atoms with Gasteiger partial charge in [0.05, 0.1) is 5.69 Å². The molecular weight excluding hydrogens is 270 g/mol. The molecule has 0 unspecified atom stereocenters. The molecule has 2 aromatic rings. The topological polar surface area (TPSA) is 29.9 Å². The zero-order valence-electron chi connectivity index (χ0n) is 12.2. The van der Waals surface area contributed by atoms with Crippen molar-refractivity contribution in [1.29, 1.82) is 0 Å². The first-order chi connectivity index (χ1) is 9.56. The van der Waals surface area contributed by atoms with E-state index in [1.807, 2.05) is 17.8 Å². The van der Waals surface area contributed by atoms with Crippen LogP contribution in [-0.2, 0) is 13.6 Å². The van der Waals surface area contributed by atoms with Gasteiger partial charge in [0.25, 0.3) is 0 Å². The Morgan fingerprint density at radius 3 is 2.70 bits per heavy atom. The number of nitrogens with zero attached hydrogens (tertiary/aromatic N) is 2. The van der Waals surface area contributed by atoms with Gasteiger partial charge in [-0.3, -0.25) is 4.68 Å². The quantitative estimate of drug-likeness (QED) is 0.932. The van der Waals surface area contributed by atoms with Crippen LogP contribution < -0.4 is 5.32 Å². The molecule has 0 atom stereocenters. The summed E-state index contributed by atoms with van der Waals surface area (Å²) in [4.78, 5) is 0. The standard InChI is InChI=1S/C16H20ClN3/c1-10-16(11(2)20(3)19-10)15-8-13(17)5-4-12(15)9-18-14-6-7-14/h4-5,8,14,18H,6-7,9H2,1-3H3. The van der Waals surface area contributed by atoms with Gasteiger partial charge in [0, 0.05) is 35.9 Å². The van der Waals surface area contributed by atoms with Crippen molar-refractivity contribution in [3.05, 3.63) is 40.2 Å². The summed E-state index contributed by atoms with van der Waals surface area (Å²) in [6, 6.07) is 6.85. The molecule has 4 heteroatoms. The summed E-state index contributed by atoms with van der Waals surface area (Å²) in [5, 5.41) is 8.87. The molecule has 0 saturated heterocycles. The molecule has 1 heterocycles. The smallest absolute Gasteiger partial charge is 0.0674 e. The highest BCUT2D eigenvalue weighted by molar-refractivity contribution is 6.30. The maximum absolute atomic E-state index is 6.21. The van der Waals surface area contributed by atoms with Crippen molar-refractivity contribution in [2.75, 3.05) is 0 Å². The summed E-state index contributed by atoms with van der Waals surface area (Å²) in [5.74, 6) is 0. The van der Waals surface area contributed by atoms with Gasteiger partial charge in [-0.25, -0.2) is 0 Å². The maximum atomic E-state index is 6.21. The van der Waals surface area contributed by atoms with E-state index < -0.39 is 0 Å². The predicted molar refractivity (Wildman–Crippen MR) is 83.0 cm³/mol. The van der Waals surface area contributed by atoms with Crippen LogP contribution in [0.5, 0.6) is 0 Å². The Bertz CT molecular complexity index is 641. The molecule has 3 rings (SSSR count). The first-order valence-corrected chi connectivity index (χ1v) is 7.46. The highest BCUT2D eigenvalue weighted by atomic mass is 35.5. The van der Waals surface area contributed by atoms with Crippen LogP contribution in [0.3, 0.4) is 0 Å². The summed E-state index contributed by atoms with van der Waals surface area (Å²) in [6.07, 6.45) is 2.60. The molecule has 0 bridgehead atoms. The van der Waals surface area contributed by atoms with E-state index >= 15 is 0 Å². The molecule has 0 aliphatic heterocycles. The van der Waals surface area contributed by atoms with Crippen LogP contribution >= 0.6 is 11.6 Å². The van der Waals surface area contributed by atoms with Gasteiger partial charge in [0.1, 0.15) is 0 Å². The fraction of sp³-hybridized carbons (Fsp3) is 0.438. The molecular formula is C16H20ClN3. The monoisotopic (exact) mass is 289 g/mol. The number of aromatic nitrogens is 2. The summed E-state index contributed by atoms with van der Waals surface area (Å²) < 4.78 is 1.93. The second kappa shape index (κ2) is 5.23. The lowest BCUT2D eigenvalue weighted by molar-refractivity contribution is 0.688. The molecule has 1 fully saturated rings. The first kappa shape index (κ1) is 13.7. The molecule has 106 valence electrons. The fourth-order valence-corrected chi connectivity index (χ4v) is 2.81. The highest BCUT2D eigenvalue weighted by Gasteiger charge is 2.21. The lowest BCUT2D eigenvalue weighted by atomic mass is 9.98. The van der Waals surface area contributed by atoms with Crippen LogP contribution in [0.2, 0.25) is 5.02 Å². The minimum atomic E-state index is 0.703. The zero-order valence-corrected chi connectivity index (χ0v) is 13.0. The molecule has 1 saturated carbocycles. The molecule has 20 heavy (non-hydrogen) atoms. The number of hydrogen-bond donors (Lipinski definition) is 1. The fourth-order valence-electron chi connectivity index (χ4n) is 2.64. The van der Waals surface area contributed by atoms with E-state index in [4.69, 9.17) is 11.6 Å². The van der Waals surface area contributed by atoms with Crippen LogP contribution in [0.15, 0.2) is 18.2 Å². The van der Waals surface area contributed by atoms with E-state index in [9.17, 15) is 0 Å². The van der Waals surface area contributed by atoms with Crippen LogP contribution in [-0.4, -0.2) is 15.8 Å². The zero-order chi connectivity index (χ0) is 14.3. The normalized spacial score (nSPS) is 14.8. The second-order valence-electron chi connectivity index (χ2n) is 5.63. The average molecular weight is 290 g/mol. The Morgan fingerprint density at radius 2 is 2.10 bits per heavy atom. The minimum absolute atomic E-state index is 0.703. The van der Waals surface area contributed by atoms with Crippen LogP contribution in [0.1, 0.15) is 29.8 Å². The van der Waals surface area contributed by atoms with Crippen molar-refractivity contribution in [2.24, 2.45) is 7.05 Å². The van der Waals surface area contributed by atoms with Gasteiger partial charge >= 0.3 is 0 Å². The van der Waals surface area contributed by atoms with E-state index in [0.29, 0.717) is 6.04 Å². The highest BCUT2D eigenvalue weighted by Crippen LogP contribution is 2.32. The van der Waals surface area contributed by atoms with Crippen molar-refractivity contribution in [3.63, 3.8) is 0 Å². The molecule has 3 nitrogen and oxygen atoms in total. The van der Waals surface area contributed by atoms with Gasteiger partial charge in [-0.15, -0.1) is 0 Å². The Balaban J connectivity index is 2.03. The molecule has 0 spiro atoms. The molecule has 1 N–H and O–H groups in total. The number of halogens is 1. The number of benzene rings is 1. The van der Waals surface area contributed by atoms with Crippen molar-refractivity contribution in [2.45, 2.75) is 39.3 Å². The molecule has 0 radical (unpaired) electrons. The predicted octanol–water partition coefficient (Wildman–Crippen LogP) is 3.61. The van der Waals surface area contributed by atoms with Gasteiger partial charge in [-0.2, -0.15) is 5.10 Å². The molecule has 0 amide bonds. The lowest BCUT2D eigenvalue weighted by Gasteiger charge is -2.12. The van der Waals surface area contributed by atoms with Crippen molar-refractivity contribution >= 4 is 11.6 Å². The SMILES string of the molecule is Cc1nn(C)c(C)c1-c1cc(Cl)ccc1CNC1CC1. The number of aryl methyl sites for hydroxylation is 2. The van der Waals surface area contributed by atoms with E-state index in [-0.39, 0.29) is 0 Å². The molecule has 1 aliphatic rings. The van der Waals surface area contributed by atoms with Crippen molar-refractivity contribution < 1.29 is 0 Å². The van der Waals surface area contributed by atoms with Crippen LogP contribution in [0.4, 0.5) is 0 Å². The second-order valence-corrected chi connectivity index (χ2v) is 6.06. The maximum Gasteiger partial charge on any atom is 0.0674 e. The first-order valence-electron chi connectivity index (χ1n) is 7.08. The number of hydrogen-bond acceptors (Lipinski definition) is 2. The Kier molecular flexibility index (Phi) is 3.57. The molecule has 1 aromatic carbocycles.